The lowest BCUT2D eigenvalue weighted by Gasteiger charge is -2.35. The third-order valence-electron chi connectivity index (χ3n) is 5.24. The van der Waals surface area contributed by atoms with E-state index in [4.69, 9.17) is 4.74 Å². The Bertz CT molecular complexity index is 710. The van der Waals surface area contributed by atoms with Crippen molar-refractivity contribution < 1.29 is 14.6 Å². The molecule has 0 amide bonds. The molecule has 0 aliphatic carbocycles. The van der Waals surface area contributed by atoms with Crippen LogP contribution in [0, 0.1) is 0 Å². The molecule has 2 fully saturated rings. The first kappa shape index (κ1) is 13.6. The monoisotopic (exact) mass is 300 g/mol. The zero-order chi connectivity index (χ0) is 15.3. The van der Waals surface area contributed by atoms with Crippen LogP contribution in [0.1, 0.15) is 36.0 Å². The lowest BCUT2D eigenvalue weighted by Crippen LogP contribution is -2.43. The lowest BCUT2D eigenvalue weighted by atomic mass is 10.0. The van der Waals surface area contributed by atoms with Crippen molar-refractivity contribution in [1.82, 2.24) is 9.88 Å². The van der Waals surface area contributed by atoms with Gasteiger partial charge in [0.05, 0.1) is 11.1 Å². The fraction of sp³-hybridized carbons (Fsp3) is 0.471. The lowest BCUT2D eigenvalue weighted by molar-refractivity contribution is -0.000258. The van der Waals surface area contributed by atoms with E-state index in [2.05, 4.69) is 16.9 Å². The fourth-order valence-corrected chi connectivity index (χ4v) is 3.98. The van der Waals surface area contributed by atoms with Crippen molar-refractivity contribution in [3.05, 3.63) is 30.0 Å². The van der Waals surface area contributed by atoms with Crippen molar-refractivity contribution in [2.45, 2.75) is 43.9 Å². The molecule has 1 aromatic heterocycles. The molecular formula is C17H20N2O3. The van der Waals surface area contributed by atoms with Gasteiger partial charge in [-0.15, -0.1) is 0 Å². The summed E-state index contributed by atoms with van der Waals surface area (Å²) in [4.78, 5) is 17.9. The largest absolute Gasteiger partial charge is 0.506 e. The van der Waals surface area contributed by atoms with Crippen LogP contribution >= 0.6 is 0 Å². The van der Waals surface area contributed by atoms with Crippen molar-refractivity contribution >= 4 is 16.9 Å². The maximum absolute atomic E-state index is 12.5. The van der Waals surface area contributed by atoms with Crippen LogP contribution in [0.4, 0.5) is 0 Å². The molecule has 1 aromatic carbocycles. The van der Waals surface area contributed by atoms with Gasteiger partial charge in [-0.05, 0) is 26.0 Å². The van der Waals surface area contributed by atoms with Crippen molar-refractivity contribution in [2.24, 2.45) is 0 Å². The first-order chi connectivity index (χ1) is 10.6. The summed E-state index contributed by atoms with van der Waals surface area (Å²) in [5, 5.41) is 10.5. The van der Waals surface area contributed by atoms with Crippen molar-refractivity contribution in [3.8, 4) is 5.75 Å². The minimum absolute atomic E-state index is 0.00320. The Balaban J connectivity index is 1.54. The molecule has 2 atom stereocenters. The normalized spacial score (nSPS) is 28.1. The number of rotatable bonds is 2. The number of aromatic amines is 1. The number of nitrogens with one attached hydrogen (secondary N) is 1. The number of H-pyrrole nitrogens is 1. The summed E-state index contributed by atoms with van der Waals surface area (Å²) in [7, 11) is 2.17. The maximum Gasteiger partial charge on any atom is 0.340 e. The van der Waals surface area contributed by atoms with Crippen LogP contribution < -0.4 is 0 Å². The Morgan fingerprint density at radius 2 is 2.05 bits per heavy atom. The van der Waals surface area contributed by atoms with Crippen molar-refractivity contribution in [3.63, 3.8) is 0 Å². The first-order valence-electron chi connectivity index (χ1n) is 7.85. The Labute approximate surface area is 128 Å². The number of piperidine rings is 1. The predicted molar refractivity (Wildman–Crippen MR) is 83.0 cm³/mol. The van der Waals surface area contributed by atoms with Gasteiger partial charge in [0.1, 0.15) is 11.9 Å². The Hall–Kier alpha value is -2.01. The second kappa shape index (κ2) is 5.02. The quantitative estimate of drug-likeness (QED) is 0.837. The number of hydrogen-bond donors (Lipinski definition) is 2. The van der Waals surface area contributed by atoms with E-state index in [1.165, 1.54) is 12.8 Å². The van der Waals surface area contributed by atoms with E-state index < -0.39 is 0 Å². The zero-order valence-electron chi connectivity index (χ0n) is 12.6. The highest BCUT2D eigenvalue weighted by atomic mass is 16.5. The number of phenols is 1. The summed E-state index contributed by atoms with van der Waals surface area (Å²) in [6.07, 6.45) is 5.88. The van der Waals surface area contributed by atoms with Crippen LogP contribution in [-0.2, 0) is 4.74 Å². The molecule has 3 heterocycles. The van der Waals surface area contributed by atoms with Gasteiger partial charge in [0.2, 0.25) is 0 Å². The van der Waals surface area contributed by atoms with Crippen LogP contribution in [0.25, 0.3) is 10.9 Å². The number of carbonyl (C=O) groups excluding carboxylic acids is 1. The summed E-state index contributed by atoms with van der Waals surface area (Å²) in [6, 6.07) is 6.24. The van der Waals surface area contributed by atoms with E-state index in [1.807, 2.05) is 6.07 Å². The maximum atomic E-state index is 12.5. The third-order valence-corrected chi connectivity index (χ3v) is 5.24. The molecule has 2 saturated heterocycles. The zero-order valence-corrected chi connectivity index (χ0v) is 12.6. The minimum Gasteiger partial charge on any atom is -0.506 e. The summed E-state index contributed by atoms with van der Waals surface area (Å²) in [5.74, 6) is -0.153. The number of hydrogen-bond acceptors (Lipinski definition) is 4. The van der Waals surface area contributed by atoms with E-state index in [0.29, 0.717) is 28.6 Å². The predicted octanol–water partition coefficient (Wildman–Crippen LogP) is 2.66. The van der Waals surface area contributed by atoms with Gasteiger partial charge in [-0.25, -0.2) is 4.79 Å². The molecule has 2 bridgehead atoms. The summed E-state index contributed by atoms with van der Waals surface area (Å²) in [6.45, 7) is 0. The van der Waals surface area contributed by atoms with Crippen LogP contribution in [0.3, 0.4) is 0 Å². The summed E-state index contributed by atoms with van der Waals surface area (Å²) >= 11 is 0. The van der Waals surface area contributed by atoms with E-state index in [9.17, 15) is 9.90 Å². The van der Waals surface area contributed by atoms with E-state index in [0.717, 1.165) is 12.8 Å². The van der Waals surface area contributed by atoms with Gasteiger partial charge in [0.25, 0.3) is 0 Å². The Kier molecular flexibility index (Phi) is 3.11. The van der Waals surface area contributed by atoms with Gasteiger partial charge in [0.15, 0.2) is 0 Å². The van der Waals surface area contributed by atoms with Gasteiger partial charge >= 0.3 is 5.97 Å². The van der Waals surface area contributed by atoms with Gasteiger partial charge in [-0.2, -0.15) is 0 Å². The number of fused-ring (bicyclic) bond motifs is 3. The highest BCUT2D eigenvalue weighted by molar-refractivity contribution is 6.05. The topological polar surface area (TPSA) is 65.6 Å². The third kappa shape index (κ3) is 2.08. The Morgan fingerprint density at radius 1 is 1.32 bits per heavy atom. The van der Waals surface area contributed by atoms with E-state index in [1.54, 1.807) is 18.3 Å². The van der Waals surface area contributed by atoms with Crippen LogP contribution in [0.2, 0.25) is 0 Å². The number of nitrogens with zero attached hydrogens (tertiary/aromatic N) is 1. The molecule has 0 spiro atoms. The number of benzene rings is 1. The van der Waals surface area contributed by atoms with Gasteiger partial charge < -0.3 is 19.7 Å². The molecule has 2 N–H and O–H groups in total. The molecule has 116 valence electrons. The van der Waals surface area contributed by atoms with Crippen LogP contribution in [-0.4, -0.2) is 46.2 Å². The molecule has 0 saturated carbocycles. The van der Waals surface area contributed by atoms with Gasteiger partial charge in [-0.1, -0.05) is 12.1 Å². The second-order valence-corrected chi connectivity index (χ2v) is 6.45. The first-order valence-corrected chi connectivity index (χ1v) is 7.85. The van der Waals surface area contributed by atoms with E-state index in [-0.39, 0.29) is 17.8 Å². The van der Waals surface area contributed by atoms with E-state index >= 15 is 0 Å². The average Bonchev–Trinajstić information content (AvgIpc) is 2.99. The number of ether oxygens (including phenoxy) is 1. The molecule has 4 rings (SSSR count). The minimum atomic E-state index is -0.300. The molecule has 0 radical (unpaired) electrons. The number of aromatic hydroxyl groups is 1. The molecular weight excluding hydrogens is 280 g/mol. The fourth-order valence-electron chi connectivity index (χ4n) is 3.98. The molecule has 2 unspecified atom stereocenters. The molecule has 22 heavy (non-hydrogen) atoms. The summed E-state index contributed by atoms with van der Waals surface area (Å²) < 4.78 is 5.75. The van der Waals surface area contributed by atoms with Gasteiger partial charge in [-0.3, -0.25) is 0 Å². The molecule has 5 heteroatoms. The number of esters is 1. The van der Waals surface area contributed by atoms with Crippen molar-refractivity contribution in [2.75, 3.05) is 7.05 Å². The van der Waals surface area contributed by atoms with Crippen molar-refractivity contribution in [1.29, 1.82) is 0 Å². The molecule has 2 aliphatic heterocycles. The number of para-hydroxylation sites is 1. The smallest absolute Gasteiger partial charge is 0.340 e. The van der Waals surface area contributed by atoms with Gasteiger partial charge in [0, 0.05) is 36.5 Å². The average molecular weight is 300 g/mol. The number of phenolic OH excluding ortho intramolecular Hbond substituents is 1. The Morgan fingerprint density at radius 3 is 2.77 bits per heavy atom. The second-order valence-electron chi connectivity index (χ2n) is 6.45. The standard InChI is InChI=1S/C17H20N2O3/c1-19-10-5-6-11(19)8-12(7-10)22-17(21)14-9-18-16-13(14)3-2-4-15(16)20/h2-4,9-12,18,20H,5-8H2,1H3. The molecule has 2 aromatic rings. The highest BCUT2D eigenvalue weighted by Gasteiger charge is 2.40. The van der Waals surface area contributed by atoms with Crippen LogP contribution in [0.15, 0.2) is 24.4 Å². The number of aromatic nitrogens is 1. The van der Waals surface area contributed by atoms with Crippen LogP contribution in [0.5, 0.6) is 5.75 Å². The summed E-state index contributed by atoms with van der Waals surface area (Å²) in [5.41, 5.74) is 1.08. The molecule has 2 aliphatic rings. The molecule has 5 nitrogen and oxygen atoms in total. The highest BCUT2D eigenvalue weighted by Crippen LogP contribution is 2.36. The SMILES string of the molecule is CN1C2CCC1CC(OC(=O)c1c[nH]c3c(O)cccc13)C2. The number of carbonyl (C=O) groups is 1.